The van der Waals surface area contributed by atoms with Crippen LogP contribution in [0.4, 0.5) is 8.78 Å². The number of fused-ring (bicyclic) bond motifs is 1. The van der Waals surface area contributed by atoms with Crippen molar-refractivity contribution < 1.29 is 28.2 Å². The lowest BCUT2D eigenvalue weighted by Gasteiger charge is -2.41. The number of likely N-dealkylation sites (tertiary alicyclic amines) is 1. The van der Waals surface area contributed by atoms with E-state index in [9.17, 15) is 18.7 Å². The van der Waals surface area contributed by atoms with Crippen LogP contribution < -0.4 is 10.1 Å². The molecule has 200 valence electrons. The van der Waals surface area contributed by atoms with Gasteiger partial charge in [-0.25, -0.2) is 13.8 Å². The molecule has 2 aromatic rings. The molecule has 0 radical (unpaired) electrons. The maximum atomic E-state index is 13.6. The Morgan fingerprint density at radius 1 is 1.27 bits per heavy atom. The Morgan fingerprint density at radius 3 is 2.70 bits per heavy atom. The first kappa shape index (κ1) is 26.0. The van der Waals surface area contributed by atoms with Gasteiger partial charge in [0.15, 0.2) is 0 Å². The summed E-state index contributed by atoms with van der Waals surface area (Å²) < 4.78 is 38.4. The molecule has 2 aliphatic heterocycles. The lowest BCUT2D eigenvalue weighted by molar-refractivity contribution is -0.0825. The highest BCUT2D eigenvalue weighted by Gasteiger charge is 2.45. The molecule has 1 saturated carbocycles. The minimum atomic E-state index is -2.57. The van der Waals surface area contributed by atoms with E-state index in [-0.39, 0.29) is 43.5 Å². The summed E-state index contributed by atoms with van der Waals surface area (Å²) in [4.78, 5) is 19.7. The number of nitrogens with one attached hydrogen (secondary N) is 1. The van der Waals surface area contributed by atoms with Gasteiger partial charge in [0.25, 0.3) is 11.8 Å². The van der Waals surface area contributed by atoms with Crippen molar-refractivity contribution in [3.05, 3.63) is 58.3 Å². The van der Waals surface area contributed by atoms with Crippen molar-refractivity contribution in [2.45, 2.75) is 75.7 Å². The Labute approximate surface area is 216 Å². The predicted octanol–water partition coefficient (Wildman–Crippen LogP) is 4.47. The molecule has 1 saturated heterocycles. The van der Waals surface area contributed by atoms with E-state index in [4.69, 9.17) is 14.5 Å². The van der Waals surface area contributed by atoms with Crippen LogP contribution in [0.2, 0.25) is 0 Å². The third kappa shape index (κ3) is 5.09. The van der Waals surface area contributed by atoms with Gasteiger partial charge in [-0.2, -0.15) is 0 Å². The van der Waals surface area contributed by atoms with E-state index in [1.54, 1.807) is 19.2 Å². The van der Waals surface area contributed by atoms with Crippen LogP contribution in [0.25, 0.3) is 0 Å². The van der Waals surface area contributed by atoms with Crippen LogP contribution in [0.15, 0.2) is 30.3 Å². The van der Waals surface area contributed by atoms with Gasteiger partial charge in [0.2, 0.25) is 5.88 Å². The highest BCUT2D eigenvalue weighted by atomic mass is 19.3. The fourth-order valence-corrected chi connectivity index (χ4v) is 5.73. The fourth-order valence-electron chi connectivity index (χ4n) is 5.73. The van der Waals surface area contributed by atoms with Crippen molar-refractivity contribution in [3.63, 3.8) is 0 Å². The number of alkyl halides is 2. The second-order valence-corrected chi connectivity index (χ2v) is 11.1. The van der Waals surface area contributed by atoms with Crippen LogP contribution in [0.3, 0.4) is 0 Å². The molecule has 0 spiro atoms. The smallest absolute Gasteiger partial charge is 0.261 e. The maximum absolute atomic E-state index is 13.6. The minimum absolute atomic E-state index is 0.0585. The van der Waals surface area contributed by atoms with E-state index in [1.807, 2.05) is 43.9 Å². The second kappa shape index (κ2) is 9.60. The number of aromatic nitrogens is 1. The SMILES string of the molecule is COc1nc(C2CC(N3CCC(F)(F)C3)C2)ccc1[C@H](C)NC(=O)c1ccc2c(c1)[C@H](O)COC2(C)C. The molecule has 0 unspecified atom stereocenters. The first-order valence-electron chi connectivity index (χ1n) is 12.9. The van der Waals surface area contributed by atoms with Crippen molar-refractivity contribution in [1.82, 2.24) is 15.2 Å². The number of halogens is 2. The van der Waals surface area contributed by atoms with Gasteiger partial charge in [-0.3, -0.25) is 9.69 Å². The number of hydrogen-bond donors (Lipinski definition) is 2. The highest BCUT2D eigenvalue weighted by Crippen LogP contribution is 2.43. The van der Waals surface area contributed by atoms with Gasteiger partial charge in [-0.15, -0.1) is 0 Å². The van der Waals surface area contributed by atoms with Crippen LogP contribution in [0, 0.1) is 0 Å². The van der Waals surface area contributed by atoms with E-state index in [0.29, 0.717) is 23.6 Å². The van der Waals surface area contributed by atoms with E-state index < -0.39 is 17.6 Å². The number of amides is 1. The zero-order chi connectivity index (χ0) is 26.5. The number of carbonyl (C=O) groups excluding carboxylic acids is 1. The van der Waals surface area contributed by atoms with Crippen molar-refractivity contribution in [2.24, 2.45) is 0 Å². The standard InChI is InChI=1S/C28H35F2N3O4/c1-16(31-25(35)17-5-7-22-21(13-17)24(34)14-37-27(22,2)3)20-6-8-23(32-26(20)36-4)18-11-19(12-18)33-10-9-28(29,30)15-33/h5-8,13,16,18-19,24,34H,9-12,14-15H2,1-4H3,(H,31,35)/t16-,18?,19?,24+/m0/s1. The maximum Gasteiger partial charge on any atom is 0.261 e. The molecule has 3 heterocycles. The quantitative estimate of drug-likeness (QED) is 0.591. The number of ether oxygens (including phenoxy) is 2. The Balaban J connectivity index is 1.25. The number of carbonyl (C=O) groups is 1. The molecule has 2 fully saturated rings. The summed E-state index contributed by atoms with van der Waals surface area (Å²) >= 11 is 0. The zero-order valence-corrected chi connectivity index (χ0v) is 21.8. The summed E-state index contributed by atoms with van der Waals surface area (Å²) in [6.45, 7) is 6.24. The number of nitrogens with zero attached hydrogens (tertiary/aromatic N) is 2. The van der Waals surface area contributed by atoms with Gasteiger partial charge < -0.3 is 19.9 Å². The largest absolute Gasteiger partial charge is 0.481 e. The predicted molar refractivity (Wildman–Crippen MR) is 134 cm³/mol. The first-order chi connectivity index (χ1) is 17.5. The molecule has 1 aromatic heterocycles. The summed E-state index contributed by atoms with van der Waals surface area (Å²) in [7, 11) is 1.55. The Bertz CT molecular complexity index is 1180. The van der Waals surface area contributed by atoms with Crippen molar-refractivity contribution in [1.29, 1.82) is 0 Å². The van der Waals surface area contributed by atoms with E-state index >= 15 is 0 Å². The van der Waals surface area contributed by atoms with Crippen molar-refractivity contribution in [2.75, 3.05) is 26.8 Å². The summed E-state index contributed by atoms with van der Waals surface area (Å²) in [6, 6.07) is 8.97. The van der Waals surface area contributed by atoms with Gasteiger partial charge in [0.1, 0.15) is 6.10 Å². The molecule has 2 N–H and O–H groups in total. The van der Waals surface area contributed by atoms with Gasteiger partial charge >= 0.3 is 0 Å². The number of benzene rings is 1. The summed E-state index contributed by atoms with van der Waals surface area (Å²) in [5, 5.41) is 13.4. The van der Waals surface area contributed by atoms with Gasteiger partial charge in [-0.05, 0) is 69.0 Å². The van der Waals surface area contributed by atoms with Crippen LogP contribution in [-0.2, 0) is 10.3 Å². The van der Waals surface area contributed by atoms with Gasteiger partial charge in [0.05, 0.1) is 31.9 Å². The first-order valence-corrected chi connectivity index (χ1v) is 12.9. The number of aliphatic hydroxyl groups excluding tert-OH is 1. The number of rotatable bonds is 6. The topological polar surface area (TPSA) is 83.9 Å². The highest BCUT2D eigenvalue weighted by molar-refractivity contribution is 5.94. The lowest BCUT2D eigenvalue weighted by Crippen LogP contribution is -2.43. The third-order valence-corrected chi connectivity index (χ3v) is 8.09. The monoisotopic (exact) mass is 515 g/mol. The van der Waals surface area contributed by atoms with Crippen molar-refractivity contribution in [3.8, 4) is 5.88 Å². The van der Waals surface area contributed by atoms with Crippen LogP contribution >= 0.6 is 0 Å². The van der Waals surface area contributed by atoms with E-state index in [2.05, 4.69) is 5.32 Å². The fraction of sp³-hybridized carbons (Fsp3) is 0.571. The van der Waals surface area contributed by atoms with E-state index in [0.717, 1.165) is 29.7 Å². The number of hydrogen-bond acceptors (Lipinski definition) is 6. The van der Waals surface area contributed by atoms with Gasteiger partial charge in [-0.1, -0.05) is 6.07 Å². The van der Waals surface area contributed by atoms with Crippen LogP contribution in [0.1, 0.15) is 90.8 Å². The average molecular weight is 516 g/mol. The summed E-state index contributed by atoms with van der Waals surface area (Å²) in [5.41, 5.74) is 3.14. The van der Waals surface area contributed by atoms with E-state index in [1.165, 1.54) is 0 Å². The van der Waals surface area contributed by atoms with Crippen LogP contribution in [0.5, 0.6) is 5.88 Å². The number of pyridine rings is 1. The average Bonchev–Trinajstić information content (AvgIpc) is 3.19. The summed E-state index contributed by atoms with van der Waals surface area (Å²) in [5.74, 6) is -2.18. The number of aliphatic hydroxyl groups is 1. The van der Waals surface area contributed by atoms with Gasteiger partial charge in [0, 0.05) is 41.7 Å². The minimum Gasteiger partial charge on any atom is -0.481 e. The molecule has 5 rings (SSSR count). The molecule has 7 nitrogen and oxygen atoms in total. The molecular weight excluding hydrogens is 480 g/mol. The Morgan fingerprint density at radius 2 is 2.03 bits per heavy atom. The summed E-state index contributed by atoms with van der Waals surface area (Å²) in [6.07, 6.45) is 0.781. The second-order valence-electron chi connectivity index (χ2n) is 11.1. The third-order valence-electron chi connectivity index (χ3n) is 8.09. The zero-order valence-electron chi connectivity index (χ0n) is 21.8. The lowest BCUT2D eigenvalue weighted by atomic mass is 9.77. The normalized spacial score (nSPS) is 27.2. The molecule has 37 heavy (non-hydrogen) atoms. The molecule has 3 aliphatic rings. The van der Waals surface area contributed by atoms with Crippen LogP contribution in [-0.4, -0.2) is 59.7 Å². The molecule has 1 aliphatic carbocycles. The molecule has 2 atom stereocenters. The molecule has 1 aromatic carbocycles. The molecular formula is C28H35F2N3O4. The molecule has 9 heteroatoms. The Hall–Kier alpha value is -2.62. The molecule has 0 bridgehead atoms. The molecule has 1 amide bonds. The van der Waals surface area contributed by atoms with Crippen molar-refractivity contribution >= 4 is 5.91 Å². The number of methoxy groups -OCH3 is 1. The Kier molecular flexibility index (Phi) is 6.75.